The topological polar surface area (TPSA) is 41.0 Å². The van der Waals surface area contributed by atoms with Crippen LogP contribution in [0.4, 0.5) is 0 Å². The Morgan fingerprint density at radius 3 is 1.77 bits per heavy atom. The van der Waals surface area contributed by atoms with E-state index in [9.17, 15) is 0 Å². The molecule has 5 heteroatoms. The van der Waals surface area contributed by atoms with E-state index in [0.29, 0.717) is 0 Å². The fraction of sp³-hybridized carbons (Fsp3) is 0.0588. The zero-order valence-electron chi connectivity index (χ0n) is 30.6. The van der Waals surface area contributed by atoms with Crippen LogP contribution in [0.5, 0.6) is 0 Å². The first-order chi connectivity index (χ1) is 27.7. The van der Waals surface area contributed by atoms with Gasteiger partial charge >= 0.3 is 0 Å². The van der Waals surface area contributed by atoms with Crippen molar-refractivity contribution in [1.82, 2.24) is 20.5 Å². The average molecular weight is 739 g/mol. The van der Waals surface area contributed by atoms with Crippen LogP contribution in [0.15, 0.2) is 194 Å². The molecule has 2 aromatic heterocycles. The first-order valence-electron chi connectivity index (χ1n) is 19.3. The highest BCUT2D eigenvalue weighted by atomic mass is 32.1. The molecule has 8 aromatic carbocycles. The van der Waals surface area contributed by atoms with Crippen LogP contribution in [0.1, 0.15) is 35.2 Å². The third kappa shape index (κ3) is 5.72. The van der Waals surface area contributed by atoms with Crippen LogP contribution in [-0.4, -0.2) is 4.57 Å². The second kappa shape index (κ2) is 13.7. The van der Waals surface area contributed by atoms with Gasteiger partial charge in [0.2, 0.25) is 0 Å². The zero-order chi connectivity index (χ0) is 37.0. The van der Waals surface area contributed by atoms with Crippen molar-refractivity contribution in [2.45, 2.75) is 18.5 Å². The van der Waals surface area contributed by atoms with E-state index < -0.39 is 0 Å². The number of nitrogens with zero attached hydrogens (tertiary/aromatic N) is 1. The normalized spacial score (nSPS) is 17.2. The summed E-state index contributed by atoms with van der Waals surface area (Å²) in [6.45, 7) is 0. The molecule has 0 amide bonds. The lowest BCUT2D eigenvalue weighted by atomic mass is 10.00. The maximum Gasteiger partial charge on any atom is 0.0864 e. The minimum atomic E-state index is -0.0903. The van der Waals surface area contributed by atoms with Gasteiger partial charge < -0.3 is 4.57 Å². The Bertz CT molecular complexity index is 3020. The summed E-state index contributed by atoms with van der Waals surface area (Å²) in [7, 11) is 0. The number of benzene rings is 8. The Kier molecular flexibility index (Phi) is 8.11. The van der Waals surface area contributed by atoms with Gasteiger partial charge in [0.25, 0.3) is 0 Å². The summed E-state index contributed by atoms with van der Waals surface area (Å²) < 4.78 is 5.09. The quantitative estimate of drug-likeness (QED) is 0.159. The van der Waals surface area contributed by atoms with Gasteiger partial charge in [0.1, 0.15) is 0 Å². The number of fused-ring (bicyclic) bond motifs is 6. The summed E-state index contributed by atoms with van der Waals surface area (Å²) in [5.74, 6) is 0. The number of aromatic nitrogens is 1. The van der Waals surface area contributed by atoms with E-state index in [1.165, 1.54) is 80.9 Å². The van der Waals surface area contributed by atoms with Gasteiger partial charge in [-0.15, -0.1) is 11.3 Å². The van der Waals surface area contributed by atoms with E-state index in [2.05, 4.69) is 215 Å². The highest BCUT2D eigenvalue weighted by molar-refractivity contribution is 7.26. The molecule has 3 unspecified atom stereocenters. The van der Waals surface area contributed by atoms with Crippen LogP contribution in [-0.2, 0) is 0 Å². The minimum Gasteiger partial charge on any atom is -0.309 e. The van der Waals surface area contributed by atoms with Crippen molar-refractivity contribution in [3.63, 3.8) is 0 Å². The first-order valence-corrected chi connectivity index (χ1v) is 20.1. The molecule has 3 atom stereocenters. The lowest BCUT2D eigenvalue weighted by Crippen LogP contribution is -2.54. The fourth-order valence-electron chi connectivity index (χ4n) is 8.60. The molecule has 0 aliphatic carbocycles. The van der Waals surface area contributed by atoms with E-state index in [1.807, 2.05) is 11.3 Å². The van der Waals surface area contributed by atoms with Crippen molar-refractivity contribution in [2.75, 3.05) is 0 Å². The standard InChI is InChI=1S/C51H38N4S/c1-3-13-33(14-4-1)36-17-11-18-38(31-36)51-53-49(34-15-5-2-6-16-34)52-50(54-51)35-25-28-39(29-26-35)55-45-23-9-7-19-41(45)42-30-27-37(32-46(42)55)40-21-12-22-44-43-20-8-10-24-47(43)56-48(40)44/h1-32,49-54H. The molecule has 1 aliphatic rings. The summed E-state index contributed by atoms with van der Waals surface area (Å²) in [5.41, 5.74) is 12.0. The smallest absolute Gasteiger partial charge is 0.0864 e. The second-order valence-electron chi connectivity index (χ2n) is 14.7. The zero-order valence-corrected chi connectivity index (χ0v) is 31.4. The Hall–Kier alpha value is -6.34. The molecule has 1 aliphatic heterocycles. The third-order valence-corrected chi connectivity index (χ3v) is 12.6. The molecule has 3 N–H and O–H groups in total. The van der Waals surface area contributed by atoms with Crippen molar-refractivity contribution >= 4 is 53.3 Å². The maximum absolute atomic E-state index is 3.90. The van der Waals surface area contributed by atoms with E-state index >= 15 is 0 Å². The second-order valence-corrected chi connectivity index (χ2v) is 15.7. The molecule has 1 fully saturated rings. The van der Waals surface area contributed by atoms with Crippen molar-refractivity contribution < 1.29 is 0 Å². The third-order valence-electron chi connectivity index (χ3n) is 11.3. The maximum atomic E-state index is 3.90. The van der Waals surface area contributed by atoms with Gasteiger partial charge in [-0.2, -0.15) is 0 Å². The monoisotopic (exact) mass is 738 g/mol. The van der Waals surface area contributed by atoms with Crippen molar-refractivity contribution in [3.8, 4) is 27.9 Å². The van der Waals surface area contributed by atoms with Gasteiger partial charge in [0, 0.05) is 36.6 Å². The largest absolute Gasteiger partial charge is 0.309 e. The van der Waals surface area contributed by atoms with Gasteiger partial charge in [0.05, 0.1) is 29.5 Å². The number of hydrogen-bond donors (Lipinski definition) is 3. The molecule has 56 heavy (non-hydrogen) atoms. The predicted molar refractivity (Wildman–Crippen MR) is 235 cm³/mol. The van der Waals surface area contributed by atoms with Crippen LogP contribution in [0.2, 0.25) is 0 Å². The Morgan fingerprint density at radius 2 is 0.964 bits per heavy atom. The number of hydrogen-bond acceptors (Lipinski definition) is 4. The van der Waals surface area contributed by atoms with Gasteiger partial charge in [-0.25, -0.2) is 0 Å². The van der Waals surface area contributed by atoms with Gasteiger partial charge in [-0.05, 0) is 75.3 Å². The number of nitrogens with one attached hydrogen (secondary N) is 3. The summed E-state index contributed by atoms with van der Waals surface area (Å²) in [5, 5.41) is 16.8. The van der Waals surface area contributed by atoms with Crippen molar-refractivity contribution in [3.05, 3.63) is 211 Å². The summed E-state index contributed by atoms with van der Waals surface area (Å²) >= 11 is 1.88. The fourth-order valence-corrected chi connectivity index (χ4v) is 9.84. The first kappa shape index (κ1) is 33.0. The minimum absolute atomic E-state index is 0.0475. The Morgan fingerprint density at radius 1 is 0.375 bits per heavy atom. The van der Waals surface area contributed by atoms with Crippen LogP contribution < -0.4 is 16.0 Å². The average Bonchev–Trinajstić information content (AvgIpc) is 3.83. The molecule has 0 spiro atoms. The summed E-state index contributed by atoms with van der Waals surface area (Å²) in [6, 6.07) is 70.4. The molecule has 11 rings (SSSR count). The van der Waals surface area contributed by atoms with Crippen LogP contribution in [0.25, 0.3) is 69.9 Å². The summed E-state index contributed by atoms with van der Waals surface area (Å²) in [6.07, 6.45) is -0.211. The SMILES string of the molecule is c1ccc(-c2cccc(C3NC(c4ccccc4)NC(c4ccc(-n5c6ccccc6c6ccc(-c7cccc8c7sc7ccccc78)cc65)cc4)N3)c2)cc1. The molecular weight excluding hydrogens is 701 g/mol. The van der Waals surface area contributed by atoms with E-state index in [0.717, 1.165) is 5.69 Å². The number of para-hydroxylation sites is 1. The predicted octanol–water partition coefficient (Wildman–Crippen LogP) is 12.7. The van der Waals surface area contributed by atoms with Crippen molar-refractivity contribution in [1.29, 1.82) is 0 Å². The molecule has 1 saturated heterocycles. The van der Waals surface area contributed by atoms with E-state index in [1.54, 1.807) is 0 Å². The molecule has 3 heterocycles. The van der Waals surface area contributed by atoms with Crippen LogP contribution in [0.3, 0.4) is 0 Å². The molecule has 268 valence electrons. The highest BCUT2D eigenvalue weighted by Gasteiger charge is 2.30. The highest BCUT2D eigenvalue weighted by Crippen LogP contribution is 2.42. The molecule has 0 saturated carbocycles. The van der Waals surface area contributed by atoms with Gasteiger partial charge in [0.15, 0.2) is 0 Å². The lowest BCUT2D eigenvalue weighted by molar-refractivity contribution is 0.203. The van der Waals surface area contributed by atoms with E-state index in [4.69, 9.17) is 0 Å². The molecule has 10 aromatic rings. The number of thiophene rings is 1. The summed E-state index contributed by atoms with van der Waals surface area (Å²) in [4.78, 5) is 0. The van der Waals surface area contributed by atoms with Crippen LogP contribution in [0, 0.1) is 0 Å². The Labute approximate surface area is 329 Å². The van der Waals surface area contributed by atoms with Gasteiger partial charge in [-0.1, -0.05) is 158 Å². The molecule has 4 nitrogen and oxygen atoms in total. The molecule has 0 radical (unpaired) electrons. The lowest BCUT2D eigenvalue weighted by Gasteiger charge is -2.39. The van der Waals surface area contributed by atoms with Crippen molar-refractivity contribution in [2.24, 2.45) is 0 Å². The molecular formula is C51H38N4S. The Balaban J connectivity index is 0.978. The van der Waals surface area contributed by atoms with Crippen LogP contribution >= 0.6 is 11.3 Å². The number of rotatable bonds is 6. The van der Waals surface area contributed by atoms with Gasteiger partial charge in [-0.3, -0.25) is 16.0 Å². The van der Waals surface area contributed by atoms with E-state index in [-0.39, 0.29) is 18.5 Å². The molecule has 0 bridgehead atoms.